The number of amides is 1. The Morgan fingerprint density at radius 3 is 2.71 bits per heavy atom. The third-order valence-corrected chi connectivity index (χ3v) is 4.55. The number of hydrogen-bond donors (Lipinski definition) is 1. The standard InChI is InChI=1S/C16H16N2O2S/c1-18-14-9-12(6-7-13(14)15(17)16(18)19)21-11-5-3-4-10(8-11)20-2/h3-9,15H,17H2,1-2H3. The summed E-state index contributed by atoms with van der Waals surface area (Å²) in [7, 11) is 3.41. The van der Waals surface area contributed by atoms with Crippen LogP contribution in [0.3, 0.4) is 0 Å². The first kappa shape index (κ1) is 14.0. The summed E-state index contributed by atoms with van der Waals surface area (Å²) in [6, 6.07) is 13.3. The molecule has 0 aromatic heterocycles. The van der Waals surface area contributed by atoms with Crippen LogP contribution >= 0.6 is 11.8 Å². The van der Waals surface area contributed by atoms with Crippen molar-refractivity contribution in [3.63, 3.8) is 0 Å². The quantitative estimate of drug-likeness (QED) is 0.947. The molecule has 108 valence electrons. The zero-order valence-electron chi connectivity index (χ0n) is 11.9. The Morgan fingerprint density at radius 1 is 1.19 bits per heavy atom. The summed E-state index contributed by atoms with van der Waals surface area (Å²) in [5.74, 6) is 0.768. The van der Waals surface area contributed by atoms with Crippen LogP contribution in [0.15, 0.2) is 52.3 Å². The highest BCUT2D eigenvalue weighted by atomic mass is 32.2. The van der Waals surface area contributed by atoms with E-state index in [1.165, 1.54) is 0 Å². The fourth-order valence-corrected chi connectivity index (χ4v) is 3.30. The smallest absolute Gasteiger partial charge is 0.248 e. The van der Waals surface area contributed by atoms with Crippen LogP contribution in [0.5, 0.6) is 5.75 Å². The fourth-order valence-electron chi connectivity index (χ4n) is 2.40. The first-order valence-electron chi connectivity index (χ1n) is 6.59. The summed E-state index contributed by atoms with van der Waals surface area (Å²) >= 11 is 1.63. The van der Waals surface area contributed by atoms with Gasteiger partial charge in [-0.05, 0) is 30.3 Å². The number of nitrogens with zero attached hydrogens (tertiary/aromatic N) is 1. The molecule has 0 fully saturated rings. The topological polar surface area (TPSA) is 55.6 Å². The first-order valence-corrected chi connectivity index (χ1v) is 7.41. The molecule has 0 radical (unpaired) electrons. The number of nitrogens with two attached hydrogens (primary N) is 1. The Kier molecular flexibility index (Phi) is 3.61. The number of fused-ring (bicyclic) bond motifs is 1. The van der Waals surface area contributed by atoms with Gasteiger partial charge in [0.1, 0.15) is 11.8 Å². The second-order valence-corrected chi connectivity index (χ2v) is 6.02. The van der Waals surface area contributed by atoms with Crippen molar-refractivity contribution in [3.05, 3.63) is 48.0 Å². The summed E-state index contributed by atoms with van der Waals surface area (Å²) in [6.45, 7) is 0. The Bertz CT molecular complexity index is 702. The molecule has 0 saturated carbocycles. The molecule has 1 atom stereocenters. The molecule has 0 aliphatic carbocycles. The van der Waals surface area contributed by atoms with Crippen molar-refractivity contribution in [2.45, 2.75) is 15.8 Å². The van der Waals surface area contributed by atoms with Gasteiger partial charge in [-0.1, -0.05) is 23.9 Å². The lowest BCUT2D eigenvalue weighted by molar-refractivity contribution is -0.118. The lowest BCUT2D eigenvalue weighted by Crippen LogP contribution is -2.27. The minimum atomic E-state index is -0.541. The van der Waals surface area contributed by atoms with E-state index in [1.807, 2.05) is 42.5 Å². The molecule has 2 aromatic carbocycles. The second kappa shape index (κ2) is 5.42. The van der Waals surface area contributed by atoms with Gasteiger partial charge in [0.2, 0.25) is 5.91 Å². The highest BCUT2D eigenvalue weighted by molar-refractivity contribution is 7.99. The van der Waals surface area contributed by atoms with E-state index < -0.39 is 6.04 Å². The van der Waals surface area contributed by atoms with Gasteiger partial charge in [-0.15, -0.1) is 0 Å². The molecule has 21 heavy (non-hydrogen) atoms. The van der Waals surface area contributed by atoms with Crippen LogP contribution in [0.4, 0.5) is 5.69 Å². The van der Waals surface area contributed by atoms with Crippen molar-refractivity contribution >= 4 is 23.4 Å². The number of carbonyl (C=O) groups excluding carboxylic acids is 1. The van der Waals surface area contributed by atoms with E-state index in [-0.39, 0.29) is 5.91 Å². The molecule has 3 rings (SSSR count). The average Bonchev–Trinajstić information content (AvgIpc) is 2.72. The Balaban J connectivity index is 1.90. The van der Waals surface area contributed by atoms with Crippen molar-refractivity contribution in [2.75, 3.05) is 19.1 Å². The molecule has 5 heteroatoms. The van der Waals surface area contributed by atoms with Crippen LogP contribution in [0.25, 0.3) is 0 Å². The maximum atomic E-state index is 11.9. The monoisotopic (exact) mass is 300 g/mol. The molecule has 1 heterocycles. The second-order valence-electron chi connectivity index (χ2n) is 4.88. The number of methoxy groups -OCH3 is 1. The third kappa shape index (κ3) is 2.50. The summed E-state index contributed by atoms with van der Waals surface area (Å²) in [6.07, 6.45) is 0. The van der Waals surface area contributed by atoms with Gasteiger partial charge in [0.05, 0.1) is 7.11 Å². The molecule has 4 nitrogen and oxygen atoms in total. The normalized spacial score (nSPS) is 17.0. The Hall–Kier alpha value is -1.98. The van der Waals surface area contributed by atoms with Crippen molar-refractivity contribution in [1.82, 2.24) is 0 Å². The van der Waals surface area contributed by atoms with Gasteiger partial charge >= 0.3 is 0 Å². The molecule has 1 aliphatic rings. The highest BCUT2D eigenvalue weighted by Crippen LogP contribution is 2.38. The van der Waals surface area contributed by atoms with Crippen LogP contribution in [0.1, 0.15) is 11.6 Å². The van der Waals surface area contributed by atoms with Crippen LogP contribution in [0, 0.1) is 0 Å². The van der Waals surface area contributed by atoms with Crippen molar-refractivity contribution in [3.8, 4) is 5.75 Å². The first-order chi connectivity index (χ1) is 10.1. The number of ether oxygens (including phenoxy) is 1. The summed E-state index contributed by atoms with van der Waals surface area (Å²) in [5.41, 5.74) is 7.68. The number of likely N-dealkylation sites (N-methyl/N-ethyl adjacent to an activating group) is 1. The molecule has 2 aromatic rings. The predicted molar refractivity (Wildman–Crippen MR) is 83.9 cm³/mol. The van der Waals surface area contributed by atoms with Gasteiger partial charge in [0.25, 0.3) is 0 Å². The van der Waals surface area contributed by atoms with Crippen LogP contribution < -0.4 is 15.4 Å². The molecule has 2 N–H and O–H groups in total. The van der Waals surface area contributed by atoms with E-state index in [2.05, 4.69) is 0 Å². The largest absolute Gasteiger partial charge is 0.497 e. The average molecular weight is 300 g/mol. The number of carbonyl (C=O) groups is 1. The maximum absolute atomic E-state index is 11.9. The third-order valence-electron chi connectivity index (χ3n) is 3.57. The van der Waals surface area contributed by atoms with Gasteiger partial charge in [-0.3, -0.25) is 4.79 Å². The number of anilines is 1. The maximum Gasteiger partial charge on any atom is 0.248 e. The van der Waals surface area contributed by atoms with E-state index in [0.29, 0.717) is 0 Å². The van der Waals surface area contributed by atoms with Crippen molar-refractivity contribution in [1.29, 1.82) is 0 Å². The van der Waals surface area contributed by atoms with E-state index in [4.69, 9.17) is 10.5 Å². The molecular formula is C16H16N2O2S. The molecule has 1 unspecified atom stereocenters. The Morgan fingerprint density at radius 2 is 1.95 bits per heavy atom. The minimum Gasteiger partial charge on any atom is -0.497 e. The van der Waals surface area contributed by atoms with Crippen LogP contribution in [-0.4, -0.2) is 20.1 Å². The summed E-state index contributed by atoms with van der Waals surface area (Å²) < 4.78 is 5.23. The molecule has 0 saturated heterocycles. The van der Waals surface area contributed by atoms with Crippen LogP contribution in [-0.2, 0) is 4.79 Å². The minimum absolute atomic E-state index is 0.0615. The molecule has 1 aliphatic heterocycles. The predicted octanol–water partition coefficient (Wildman–Crippen LogP) is 2.82. The fraction of sp³-hybridized carbons (Fsp3) is 0.188. The van der Waals surface area contributed by atoms with Gasteiger partial charge in [-0.2, -0.15) is 0 Å². The van der Waals surface area contributed by atoms with Crippen molar-refractivity contribution < 1.29 is 9.53 Å². The molecular weight excluding hydrogens is 284 g/mol. The van der Waals surface area contributed by atoms with Crippen molar-refractivity contribution in [2.24, 2.45) is 5.73 Å². The Labute approximate surface area is 127 Å². The van der Waals surface area contributed by atoms with E-state index in [0.717, 1.165) is 26.8 Å². The zero-order valence-corrected chi connectivity index (χ0v) is 12.7. The molecule has 0 spiro atoms. The van der Waals surface area contributed by atoms with E-state index >= 15 is 0 Å². The van der Waals surface area contributed by atoms with Gasteiger partial charge in [0, 0.05) is 28.1 Å². The lowest BCUT2D eigenvalue weighted by atomic mass is 10.1. The van der Waals surface area contributed by atoms with E-state index in [1.54, 1.807) is 30.8 Å². The summed E-state index contributed by atoms with van der Waals surface area (Å²) in [4.78, 5) is 15.7. The lowest BCUT2D eigenvalue weighted by Gasteiger charge is -2.11. The van der Waals surface area contributed by atoms with Gasteiger partial charge in [0.15, 0.2) is 0 Å². The number of benzene rings is 2. The highest BCUT2D eigenvalue weighted by Gasteiger charge is 2.32. The van der Waals surface area contributed by atoms with Gasteiger partial charge < -0.3 is 15.4 Å². The van der Waals surface area contributed by atoms with E-state index in [9.17, 15) is 4.79 Å². The zero-order chi connectivity index (χ0) is 15.0. The van der Waals surface area contributed by atoms with Crippen LogP contribution in [0.2, 0.25) is 0 Å². The number of rotatable bonds is 3. The van der Waals surface area contributed by atoms with Gasteiger partial charge in [-0.25, -0.2) is 0 Å². The summed E-state index contributed by atoms with van der Waals surface area (Å²) in [5, 5.41) is 0. The number of hydrogen-bond acceptors (Lipinski definition) is 4. The SMILES string of the molecule is COc1cccc(Sc2ccc3c(c2)N(C)C(=O)C3N)c1. The molecule has 1 amide bonds. The molecule has 0 bridgehead atoms.